The van der Waals surface area contributed by atoms with E-state index in [1.54, 1.807) is 0 Å². The summed E-state index contributed by atoms with van der Waals surface area (Å²) in [6.07, 6.45) is 4.25. The minimum atomic E-state index is -0.477. The van der Waals surface area contributed by atoms with Crippen LogP contribution in [0, 0.1) is 34.0 Å². The van der Waals surface area contributed by atoms with Crippen LogP contribution < -0.4 is 0 Å². The van der Waals surface area contributed by atoms with Crippen LogP contribution in [0.5, 0.6) is 0 Å². The van der Waals surface area contributed by atoms with Crippen molar-refractivity contribution < 1.29 is 15.3 Å². The maximum Gasteiger partial charge on any atom is 0.0810 e. The highest BCUT2D eigenvalue weighted by atomic mass is 16.3. The minimum absolute atomic E-state index is 0.0646. The van der Waals surface area contributed by atoms with Gasteiger partial charge in [0, 0.05) is 5.41 Å². The van der Waals surface area contributed by atoms with Gasteiger partial charge in [-0.2, -0.15) is 0 Å². The average Bonchev–Trinajstić information content (AvgIpc) is 2.57. The van der Waals surface area contributed by atoms with E-state index >= 15 is 0 Å². The molecule has 0 aromatic carbocycles. The van der Waals surface area contributed by atoms with Crippen molar-refractivity contribution in [2.75, 3.05) is 0 Å². The van der Waals surface area contributed by atoms with E-state index in [1.807, 2.05) is 0 Å². The molecule has 0 aliphatic heterocycles. The van der Waals surface area contributed by atoms with E-state index in [9.17, 15) is 15.3 Å². The lowest BCUT2D eigenvalue weighted by Crippen LogP contribution is -2.64. The zero-order chi connectivity index (χ0) is 16.8. The fraction of sp³-hybridized carbons (Fsp3) is 0.900. The summed E-state index contributed by atoms with van der Waals surface area (Å²) in [6, 6.07) is 0. The summed E-state index contributed by atoms with van der Waals surface area (Å²) in [6.45, 7) is 10.9. The van der Waals surface area contributed by atoms with Gasteiger partial charge in [-0.3, -0.25) is 0 Å². The van der Waals surface area contributed by atoms with E-state index in [2.05, 4.69) is 27.4 Å². The second-order valence-electron chi connectivity index (χ2n) is 10.0. The molecule has 1 spiro atoms. The molecule has 0 heterocycles. The smallest absolute Gasteiger partial charge is 0.0810 e. The topological polar surface area (TPSA) is 60.7 Å². The molecule has 3 heteroatoms. The van der Waals surface area contributed by atoms with Crippen LogP contribution in [0.4, 0.5) is 0 Å². The van der Waals surface area contributed by atoms with Crippen LogP contribution >= 0.6 is 0 Å². The van der Waals surface area contributed by atoms with E-state index in [0.717, 1.165) is 37.7 Å². The van der Waals surface area contributed by atoms with Crippen LogP contribution in [-0.4, -0.2) is 33.6 Å². The second-order valence-corrected chi connectivity index (χ2v) is 10.0. The molecule has 0 aromatic rings. The van der Waals surface area contributed by atoms with Crippen LogP contribution in [0.3, 0.4) is 0 Å². The highest BCUT2D eigenvalue weighted by Crippen LogP contribution is 2.71. The third-order valence-corrected chi connectivity index (χ3v) is 8.30. The number of hydrogen-bond donors (Lipinski definition) is 3. The van der Waals surface area contributed by atoms with Gasteiger partial charge < -0.3 is 15.3 Å². The first-order chi connectivity index (χ1) is 10.6. The van der Waals surface area contributed by atoms with Crippen LogP contribution in [0.2, 0.25) is 0 Å². The summed E-state index contributed by atoms with van der Waals surface area (Å²) >= 11 is 0. The number of aliphatic hydroxyl groups excluding tert-OH is 3. The third kappa shape index (κ3) is 1.88. The van der Waals surface area contributed by atoms with E-state index in [1.165, 1.54) is 0 Å². The van der Waals surface area contributed by atoms with Gasteiger partial charge in [-0.05, 0) is 72.7 Å². The van der Waals surface area contributed by atoms with Crippen LogP contribution in [-0.2, 0) is 0 Å². The number of fused-ring (bicyclic) bond motifs is 3. The van der Waals surface area contributed by atoms with Crippen molar-refractivity contribution in [1.29, 1.82) is 0 Å². The average molecular weight is 320 g/mol. The normalized spacial score (nSPS) is 57.7. The van der Waals surface area contributed by atoms with Crippen molar-refractivity contribution in [3.63, 3.8) is 0 Å². The molecule has 2 bridgehead atoms. The summed E-state index contributed by atoms with van der Waals surface area (Å²) in [5.74, 6) is 1.00. The van der Waals surface area contributed by atoms with E-state index < -0.39 is 12.2 Å². The first-order valence-corrected chi connectivity index (χ1v) is 9.35. The first kappa shape index (κ1) is 16.1. The summed E-state index contributed by atoms with van der Waals surface area (Å²) in [5.41, 5.74) is 0.621. The van der Waals surface area contributed by atoms with Gasteiger partial charge in [0.25, 0.3) is 0 Å². The Morgan fingerprint density at radius 3 is 2.35 bits per heavy atom. The highest BCUT2D eigenvalue weighted by molar-refractivity contribution is 5.28. The molecular formula is C20H32O3. The monoisotopic (exact) mass is 320 g/mol. The third-order valence-electron chi connectivity index (χ3n) is 8.30. The fourth-order valence-electron chi connectivity index (χ4n) is 8.05. The summed E-state index contributed by atoms with van der Waals surface area (Å²) in [7, 11) is 0. The molecule has 4 unspecified atom stereocenters. The predicted octanol–water partition coefficient (Wildman–Crippen LogP) is 2.89. The lowest BCUT2D eigenvalue weighted by atomic mass is 9.40. The van der Waals surface area contributed by atoms with E-state index in [4.69, 9.17) is 0 Å². The number of hydrogen-bond acceptors (Lipinski definition) is 3. The van der Waals surface area contributed by atoms with Crippen molar-refractivity contribution in [1.82, 2.24) is 0 Å². The van der Waals surface area contributed by atoms with Crippen molar-refractivity contribution in [3.05, 3.63) is 12.2 Å². The van der Waals surface area contributed by atoms with Crippen molar-refractivity contribution >= 4 is 0 Å². The predicted molar refractivity (Wildman–Crippen MR) is 89.7 cm³/mol. The molecule has 0 aromatic heterocycles. The zero-order valence-corrected chi connectivity index (χ0v) is 14.8. The largest absolute Gasteiger partial charge is 0.393 e. The van der Waals surface area contributed by atoms with Gasteiger partial charge >= 0.3 is 0 Å². The maximum atomic E-state index is 11.1. The van der Waals surface area contributed by atoms with Gasteiger partial charge in [0.2, 0.25) is 0 Å². The van der Waals surface area contributed by atoms with Crippen LogP contribution in [0.25, 0.3) is 0 Å². The van der Waals surface area contributed by atoms with Gasteiger partial charge in [-0.1, -0.05) is 27.4 Å². The number of rotatable bonds is 0. The van der Waals surface area contributed by atoms with Crippen molar-refractivity contribution in [2.45, 2.75) is 77.6 Å². The van der Waals surface area contributed by atoms with Crippen LogP contribution in [0.1, 0.15) is 59.3 Å². The molecule has 8 atom stereocenters. The highest BCUT2D eigenvalue weighted by Gasteiger charge is 2.69. The molecule has 4 aliphatic carbocycles. The Kier molecular flexibility index (Phi) is 3.23. The molecular weight excluding hydrogens is 288 g/mol. The SMILES string of the molecule is C=C1C2CC[C@@H]3[C@](C2)(CC(O)[C@@H]2C(C)(C)CC(O)C[C@]23C)C1O. The van der Waals surface area contributed by atoms with E-state index in [-0.39, 0.29) is 28.3 Å². The number of aliphatic hydroxyl groups is 3. The maximum absolute atomic E-state index is 11.1. The lowest BCUT2D eigenvalue weighted by Gasteiger charge is -2.66. The Balaban J connectivity index is 1.83. The van der Waals surface area contributed by atoms with Gasteiger partial charge in [-0.15, -0.1) is 0 Å². The molecule has 4 fully saturated rings. The Morgan fingerprint density at radius 1 is 0.957 bits per heavy atom. The Bertz CT molecular complexity index is 541. The lowest BCUT2D eigenvalue weighted by molar-refractivity contribution is -0.229. The fourth-order valence-corrected chi connectivity index (χ4v) is 8.05. The zero-order valence-electron chi connectivity index (χ0n) is 14.8. The van der Waals surface area contributed by atoms with Gasteiger partial charge in [-0.25, -0.2) is 0 Å². The molecule has 4 rings (SSSR count). The first-order valence-electron chi connectivity index (χ1n) is 9.35. The molecule has 4 saturated carbocycles. The standard InChI is InChI=1S/C20H32O3/c1-11-12-5-6-15-19(4)9-13(21)8-18(2,3)16(19)14(22)10-20(15,7-12)17(11)23/h12-17,21-23H,1,5-10H2,2-4H3/t12?,13?,14?,15-,16+,17?,19-,20-/m0/s1. The van der Waals surface area contributed by atoms with Crippen LogP contribution in [0.15, 0.2) is 12.2 Å². The molecule has 23 heavy (non-hydrogen) atoms. The van der Waals surface area contributed by atoms with Gasteiger partial charge in [0.1, 0.15) is 0 Å². The summed E-state index contributed by atoms with van der Waals surface area (Å²) in [5, 5.41) is 32.7. The Hall–Kier alpha value is -0.380. The molecule has 4 aliphatic rings. The quantitative estimate of drug-likeness (QED) is 0.602. The molecule has 0 radical (unpaired) electrons. The minimum Gasteiger partial charge on any atom is -0.393 e. The summed E-state index contributed by atoms with van der Waals surface area (Å²) < 4.78 is 0. The molecule has 3 N–H and O–H groups in total. The molecule has 0 amide bonds. The van der Waals surface area contributed by atoms with Gasteiger partial charge in [0.05, 0.1) is 18.3 Å². The van der Waals surface area contributed by atoms with Gasteiger partial charge in [0.15, 0.2) is 0 Å². The Labute approximate surface area is 139 Å². The second kappa shape index (κ2) is 4.62. The van der Waals surface area contributed by atoms with E-state index in [0.29, 0.717) is 18.3 Å². The summed E-state index contributed by atoms with van der Waals surface area (Å²) in [4.78, 5) is 0. The Morgan fingerprint density at radius 2 is 1.65 bits per heavy atom. The molecule has 0 saturated heterocycles. The molecule has 3 nitrogen and oxygen atoms in total. The molecule has 130 valence electrons. The van der Waals surface area contributed by atoms with Crippen molar-refractivity contribution in [2.24, 2.45) is 34.0 Å². The van der Waals surface area contributed by atoms with Crippen molar-refractivity contribution in [3.8, 4) is 0 Å².